The minimum absolute atomic E-state index is 0.233. The topological polar surface area (TPSA) is 34.1 Å². The van der Waals surface area contributed by atoms with Gasteiger partial charge in [0.05, 0.1) is 12.8 Å². The van der Waals surface area contributed by atoms with Crippen LogP contribution in [0.4, 0.5) is 15.2 Å². The lowest BCUT2D eigenvalue weighted by molar-refractivity contribution is 0.386. The quantitative estimate of drug-likeness (QED) is 0.575. The fourth-order valence-electron chi connectivity index (χ4n) is 1.95. The number of anilines is 2. The van der Waals surface area contributed by atoms with Crippen LogP contribution in [0.5, 0.6) is 5.75 Å². The first-order valence-electron chi connectivity index (χ1n) is 6.48. The highest BCUT2D eigenvalue weighted by atomic mass is 127. The molecule has 3 nitrogen and oxygen atoms in total. The number of thiazole rings is 1. The Balaban J connectivity index is 1.81. The molecule has 0 spiro atoms. The first kappa shape index (κ1) is 15.2. The summed E-state index contributed by atoms with van der Waals surface area (Å²) in [6, 6.07) is 12.9. The fraction of sp³-hybridized carbons (Fsp3) is 0.0625. The fourth-order valence-corrected chi connectivity index (χ4v) is 3.05. The van der Waals surface area contributed by atoms with Crippen molar-refractivity contribution < 1.29 is 9.13 Å². The molecule has 1 aromatic heterocycles. The minimum Gasteiger partial charge on any atom is -0.494 e. The second-order valence-electron chi connectivity index (χ2n) is 4.52. The largest absolute Gasteiger partial charge is 0.494 e. The van der Waals surface area contributed by atoms with Crippen LogP contribution in [-0.4, -0.2) is 12.1 Å². The molecule has 2 aromatic carbocycles. The van der Waals surface area contributed by atoms with Crippen LogP contribution in [-0.2, 0) is 0 Å². The van der Waals surface area contributed by atoms with Crippen LogP contribution in [0, 0.1) is 9.39 Å². The van der Waals surface area contributed by atoms with Crippen LogP contribution in [0.1, 0.15) is 0 Å². The summed E-state index contributed by atoms with van der Waals surface area (Å²) in [4.78, 5) is 4.49. The van der Waals surface area contributed by atoms with Crippen molar-refractivity contribution in [1.82, 2.24) is 4.98 Å². The van der Waals surface area contributed by atoms with Crippen molar-refractivity contribution in [3.8, 4) is 17.0 Å². The zero-order valence-corrected chi connectivity index (χ0v) is 14.6. The zero-order chi connectivity index (χ0) is 15.5. The Kier molecular flexibility index (Phi) is 4.58. The van der Waals surface area contributed by atoms with Crippen molar-refractivity contribution in [1.29, 1.82) is 0 Å². The highest BCUT2D eigenvalue weighted by Crippen LogP contribution is 2.29. The summed E-state index contributed by atoms with van der Waals surface area (Å²) in [6.45, 7) is 0. The summed E-state index contributed by atoms with van der Waals surface area (Å²) < 4.78 is 19.9. The molecule has 0 aliphatic heterocycles. The van der Waals surface area contributed by atoms with Crippen molar-refractivity contribution in [2.75, 3.05) is 12.4 Å². The second-order valence-corrected chi connectivity index (χ2v) is 6.62. The monoisotopic (exact) mass is 426 g/mol. The molecule has 0 saturated carbocycles. The summed E-state index contributed by atoms with van der Waals surface area (Å²) in [5.41, 5.74) is 2.44. The molecular formula is C16H12FIN2OS. The van der Waals surface area contributed by atoms with Gasteiger partial charge < -0.3 is 10.1 Å². The molecule has 1 heterocycles. The van der Waals surface area contributed by atoms with E-state index in [1.165, 1.54) is 28.1 Å². The molecule has 6 heteroatoms. The molecule has 112 valence electrons. The van der Waals surface area contributed by atoms with Gasteiger partial charge in [-0.3, -0.25) is 0 Å². The first-order valence-corrected chi connectivity index (χ1v) is 8.43. The Labute approximate surface area is 145 Å². The molecule has 0 aliphatic rings. The smallest absolute Gasteiger partial charge is 0.187 e. The summed E-state index contributed by atoms with van der Waals surface area (Å²) in [5.74, 6) is -0.156. The molecule has 3 aromatic rings. The van der Waals surface area contributed by atoms with Crippen LogP contribution in [0.15, 0.2) is 47.8 Å². The molecule has 0 saturated heterocycles. The number of hydrogen-bond donors (Lipinski definition) is 1. The molecule has 3 rings (SSSR count). The van der Waals surface area contributed by atoms with Gasteiger partial charge in [0.15, 0.2) is 16.7 Å². The number of benzene rings is 2. The van der Waals surface area contributed by atoms with Gasteiger partial charge in [0.2, 0.25) is 0 Å². The van der Waals surface area contributed by atoms with Crippen LogP contribution in [0.25, 0.3) is 11.3 Å². The van der Waals surface area contributed by atoms with Crippen LogP contribution in [0.3, 0.4) is 0 Å². The lowest BCUT2D eigenvalue weighted by Crippen LogP contribution is -1.90. The van der Waals surface area contributed by atoms with Crippen molar-refractivity contribution in [3.63, 3.8) is 0 Å². The van der Waals surface area contributed by atoms with E-state index in [1.54, 1.807) is 12.1 Å². The lowest BCUT2D eigenvalue weighted by Gasteiger charge is -2.03. The van der Waals surface area contributed by atoms with Gasteiger partial charge >= 0.3 is 0 Å². The van der Waals surface area contributed by atoms with Gasteiger partial charge in [0, 0.05) is 20.2 Å². The summed E-state index contributed by atoms with van der Waals surface area (Å²) >= 11 is 3.74. The van der Waals surface area contributed by atoms with Gasteiger partial charge in [0.1, 0.15) is 0 Å². The van der Waals surface area contributed by atoms with Crippen LogP contribution < -0.4 is 10.1 Å². The van der Waals surface area contributed by atoms with E-state index < -0.39 is 0 Å². The average molecular weight is 426 g/mol. The van der Waals surface area contributed by atoms with E-state index in [2.05, 4.69) is 32.9 Å². The van der Waals surface area contributed by atoms with Gasteiger partial charge in [-0.1, -0.05) is 0 Å². The van der Waals surface area contributed by atoms with Crippen molar-refractivity contribution in [3.05, 3.63) is 57.2 Å². The maximum atomic E-state index is 13.8. The molecule has 22 heavy (non-hydrogen) atoms. The second kappa shape index (κ2) is 6.62. The number of rotatable bonds is 4. The predicted molar refractivity (Wildman–Crippen MR) is 96.5 cm³/mol. The maximum Gasteiger partial charge on any atom is 0.187 e. The van der Waals surface area contributed by atoms with E-state index in [9.17, 15) is 4.39 Å². The Morgan fingerprint density at radius 2 is 1.95 bits per heavy atom. The molecule has 0 amide bonds. The number of aromatic nitrogens is 1. The third-order valence-electron chi connectivity index (χ3n) is 3.05. The van der Waals surface area contributed by atoms with Crippen LogP contribution >= 0.6 is 33.9 Å². The Hall–Kier alpha value is -1.67. The molecule has 1 N–H and O–H groups in total. The molecule has 0 aliphatic carbocycles. The van der Waals surface area contributed by atoms with E-state index in [4.69, 9.17) is 4.74 Å². The highest BCUT2D eigenvalue weighted by molar-refractivity contribution is 14.1. The summed E-state index contributed by atoms with van der Waals surface area (Å²) in [7, 11) is 1.45. The SMILES string of the molecule is COc1ccc(-c2csc(Nc3ccc(I)cc3)n2)cc1F. The van der Waals surface area contributed by atoms with Crippen molar-refractivity contribution in [2.45, 2.75) is 0 Å². The van der Waals surface area contributed by atoms with Gasteiger partial charge in [-0.25, -0.2) is 9.37 Å². The third kappa shape index (κ3) is 3.38. The van der Waals surface area contributed by atoms with Gasteiger partial charge in [-0.05, 0) is 65.1 Å². The van der Waals surface area contributed by atoms with E-state index in [1.807, 2.05) is 29.6 Å². The first-order chi connectivity index (χ1) is 10.7. The van der Waals surface area contributed by atoms with E-state index in [0.29, 0.717) is 0 Å². The van der Waals surface area contributed by atoms with E-state index in [0.717, 1.165) is 22.1 Å². The summed E-state index contributed by atoms with van der Waals surface area (Å²) in [6.07, 6.45) is 0. The van der Waals surface area contributed by atoms with Gasteiger partial charge in [-0.2, -0.15) is 0 Å². The van der Waals surface area contributed by atoms with E-state index in [-0.39, 0.29) is 11.6 Å². The Morgan fingerprint density at radius 1 is 1.18 bits per heavy atom. The van der Waals surface area contributed by atoms with Crippen LogP contribution in [0.2, 0.25) is 0 Å². The standard InChI is InChI=1S/C16H12FIN2OS/c1-21-15-7-2-10(8-13(15)17)14-9-22-16(20-14)19-12-5-3-11(18)4-6-12/h2-9H,1H3,(H,19,20). The van der Waals surface area contributed by atoms with Gasteiger partial charge in [-0.15, -0.1) is 11.3 Å². The Bertz CT molecular complexity index is 789. The Morgan fingerprint density at radius 3 is 2.64 bits per heavy atom. The number of hydrogen-bond acceptors (Lipinski definition) is 4. The normalized spacial score (nSPS) is 10.5. The number of nitrogens with one attached hydrogen (secondary N) is 1. The predicted octanol–water partition coefficient (Wildman–Crippen LogP) is 5.31. The molecular weight excluding hydrogens is 414 g/mol. The third-order valence-corrected chi connectivity index (χ3v) is 4.52. The molecule has 0 unspecified atom stereocenters. The maximum absolute atomic E-state index is 13.8. The molecule has 0 bridgehead atoms. The van der Waals surface area contributed by atoms with Crippen molar-refractivity contribution >= 4 is 44.7 Å². The number of nitrogens with zero attached hydrogens (tertiary/aromatic N) is 1. The average Bonchev–Trinajstić information content (AvgIpc) is 2.98. The number of halogens is 2. The molecule has 0 atom stereocenters. The number of ether oxygens (including phenoxy) is 1. The lowest BCUT2D eigenvalue weighted by atomic mass is 10.1. The number of methoxy groups -OCH3 is 1. The molecule has 0 fully saturated rings. The van der Waals surface area contributed by atoms with Gasteiger partial charge in [0.25, 0.3) is 0 Å². The minimum atomic E-state index is -0.389. The molecule has 0 radical (unpaired) electrons. The van der Waals surface area contributed by atoms with Crippen molar-refractivity contribution in [2.24, 2.45) is 0 Å². The summed E-state index contributed by atoms with van der Waals surface area (Å²) in [5, 5.41) is 5.91. The van der Waals surface area contributed by atoms with E-state index >= 15 is 0 Å². The highest BCUT2D eigenvalue weighted by Gasteiger charge is 2.09. The zero-order valence-electron chi connectivity index (χ0n) is 11.6.